The lowest BCUT2D eigenvalue weighted by molar-refractivity contribution is 0.0696. The molecule has 0 aliphatic rings. The van der Waals surface area contributed by atoms with E-state index in [1.54, 1.807) is 0 Å². The first-order valence-electron chi connectivity index (χ1n) is 4.60. The molecule has 1 aromatic heterocycles. The van der Waals surface area contributed by atoms with Gasteiger partial charge in [-0.05, 0) is 18.2 Å². The fourth-order valence-electron chi connectivity index (χ4n) is 1.47. The molecular weight excluding hydrogens is 225 g/mol. The molecule has 0 aliphatic heterocycles. The van der Waals surface area contributed by atoms with Gasteiger partial charge in [0.2, 0.25) is 5.82 Å². The SMILES string of the molecule is N#Cc1nccn1-c1ccc(F)cc1C(=O)O. The van der Waals surface area contributed by atoms with Crippen LogP contribution in [0.4, 0.5) is 4.39 Å². The molecule has 5 nitrogen and oxygen atoms in total. The van der Waals surface area contributed by atoms with Crippen molar-refractivity contribution in [1.82, 2.24) is 9.55 Å². The van der Waals surface area contributed by atoms with Crippen molar-refractivity contribution in [3.05, 3.63) is 47.8 Å². The summed E-state index contributed by atoms with van der Waals surface area (Å²) in [6.07, 6.45) is 2.81. The number of nitrogens with zero attached hydrogens (tertiary/aromatic N) is 3. The van der Waals surface area contributed by atoms with Crippen LogP contribution in [-0.4, -0.2) is 20.6 Å². The first-order chi connectivity index (χ1) is 8.13. The molecule has 0 unspecified atom stereocenters. The third-order valence-corrected chi connectivity index (χ3v) is 2.19. The average Bonchev–Trinajstić information content (AvgIpc) is 2.76. The summed E-state index contributed by atoms with van der Waals surface area (Å²) < 4.78 is 14.3. The van der Waals surface area contributed by atoms with Gasteiger partial charge >= 0.3 is 5.97 Å². The molecule has 0 atom stereocenters. The number of carboxylic acid groups (broad SMARTS) is 1. The maximum atomic E-state index is 13.0. The van der Waals surface area contributed by atoms with Crippen LogP contribution in [-0.2, 0) is 0 Å². The molecule has 0 saturated carbocycles. The molecule has 0 amide bonds. The van der Waals surface area contributed by atoms with Gasteiger partial charge < -0.3 is 5.11 Å². The van der Waals surface area contributed by atoms with Crippen molar-refractivity contribution >= 4 is 5.97 Å². The Hall–Kier alpha value is -2.68. The second-order valence-corrected chi connectivity index (χ2v) is 3.20. The maximum Gasteiger partial charge on any atom is 0.337 e. The molecule has 0 radical (unpaired) electrons. The summed E-state index contributed by atoms with van der Waals surface area (Å²) in [7, 11) is 0. The standard InChI is InChI=1S/C11H6FN3O2/c12-7-1-2-9(8(5-7)11(16)17)15-4-3-14-10(15)6-13/h1-5H,(H,16,17). The summed E-state index contributed by atoms with van der Waals surface area (Å²) >= 11 is 0. The van der Waals surface area contributed by atoms with Crippen molar-refractivity contribution in [2.45, 2.75) is 0 Å². The van der Waals surface area contributed by atoms with Gasteiger partial charge in [0, 0.05) is 12.4 Å². The first kappa shape index (κ1) is 10.8. The predicted molar refractivity (Wildman–Crippen MR) is 55.2 cm³/mol. The lowest BCUT2D eigenvalue weighted by Crippen LogP contribution is -2.07. The van der Waals surface area contributed by atoms with Crippen molar-refractivity contribution in [1.29, 1.82) is 5.26 Å². The van der Waals surface area contributed by atoms with Crippen molar-refractivity contribution in [2.75, 3.05) is 0 Å². The van der Waals surface area contributed by atoms with E-state index in [0.717, 1.165) is 12.1 Å². The van der Waals surface area contributed by atoms with Crippen molar-refractivity contribution in [3.63, 3.8) is 0 Å². The van der Waals surface area contributed by atoms with E-state index in [9.17, 15) is 9.18 Å². The Morgan fingerprint density at radius 3 is 2.94 bits per heavy atom. The van der Waals surface area contributed by atoms with Gasteiger partial charge in [0.25, 0.3) is 0 Å². The minimum atomic E-state index is -1.27. The number of aromatic nitrogens is 2. The van der Waals surface area contributed by atoms with Gasteiger partial charge in [0.15, 0.2) is 0 Å². The van der Waals surface area contributed by atoms with Gasteiger partial charge in [-0.15, -0.1) is 0 Å². The number of halogens is 1. The minimum absolute atomic E-state index is 0.0408. The summed E-state index contributed by atoms with van der Waals surface area (Å²) in [6, 6.07) is 5.14. The molecule has 2 aromatic rings. The molecule has 1 aromatic carbocycles. The van der Waals surface area contributed by atoms with Crippen LogP contribution < -0.4 is 0 Å². The third kappa shape index (κ3) is 1.86. The Labute approximate surface area is 95.4 Å². The van der Waals surface area contributed by atoms with Gasteiger partial charge in [0.1, 0.15) is 11.9 Å². The second-order valence-electron chi connectivity index (χ2n) is 3.20. The molecule has 17 heavy (non-hydrogen) atoms. The van der Waals surface area contributed by atoms with E-state index in [4.69, 9.17) is 10.4 Å². The Morgan fingerprint density at radius 1 is 1.53 bits per heavy atom. The Balaban J connectivity index is 2.68. The van der Waals surface area contributed by atoms with Crippen LogP contribution in [0.15, 0.2) is 30.6 Å². The zero-order valence-corrected chi connectivity index (χ0v) is 8.46. The summed E-state index contributed by atoms with van der Waals surface area (Å²) in [4.78, 5) is 14.7. The van der Waals surface area contributed by atoms with Crippen molar-refractivity contribution in [3.8, 4) is 11.8 Å². The lowest BCUT2D eigenvalue weighted by atomic mass is 10.1. The van der Waals surface area contributed by atoms with Gasteiger partial charge in [-0.1, -0.05) is 0 Å². The average molecular weight is 231 g/mol. The highest BCUT2D eigenvalue weighted by atomic mass is 19.1. The van der Waals surface area contributed by atoms with E-state index in [1.165, 1.54) is 23.0 Å². The van der Waals surface area contributed by atoms with Crippen LogP contribution in [0.25, 0.3) is 5.69 Å². The number of hydrogen-bond donors (Lipinski definition) is 1. The summed E-state index contributed by atoms with van der Waals surface area (Å²) in [5.41, 5.74) is -0.0209. The van der Waals surface area contributed by atoms with Crippen LogP contribution in [0.1, 0.15) is 16.2 Å². The molecule has 0 bridgehead atoms. The van der Waals surface area contributed by atoms with Crippen molar-refractivity contribution < 1.29 is 14.3 Å². The van der Waals surface area contributed by atoms with Crippen molar-refractivity contribution in [2.24, 2.45) is 0 Å². The smallest absolute Gasteiger partial charge is 0.337 e. The maximum absolute atomic E-state index is 13.0. The van der Waals surface area contributed by atoms with Crippen LogP contribution in [0.3, 0.4) is 0 Å². The minimum Gasteiger partial charge on any atom is -0.478 e. The van der Waals surface area contributed by atoms with E-state index >= 15 is 0 Å². The third-order valence-electron chi connectivity index (χ3n) is 2.19. The Bertz CT molecular complexity index is 628. The van der Waals surface area contributed by atoms with Gasteiger partial charge in [-0.3, -0.25) is 4.57 Å². The first-order valence-corrected chi connectivity index (χ1v) is 4.60. The molecule has 1 heterocycles. The second kappa shape index (κ2) is 4.06. The largest absolute Gasteiger partial charge is 0.478 e. The van der Waals surface area contributed by atoms with E-state index in [-0.39, 0.29) is 17.1 Å². The number of aromatic carboxylic acids is 1. The van der Waals surface area contributed by atoms with Crippen LogP contribution in [0.2, 0.25) is 0 Å². The highest BCUT2D eigenvalue weighted by Crippen LogP contribution is 2.17. The fourth-order valence-corrected chi connectivity index (χ4v) is 1.47. The van der Waals surface area contributed by atoms with Gasteiger partial charge in [-0.25, -0.2) is 14.2 Å². The zero-order valence-electron chi connectivity index (χ0n) is 8.46. The highest BCUT2D eigenvalue weighted by Gasteiger charge is 2.14. The quantitative estimate of drug-likeness (QED) is 0.850. The summed E-state index contributed by atoms with van der Waals surface area (Å²) in [5, 5.41) is 17.8. The topological polar surface area (TPSA) is 78.9 Å². The van der Waals surface area contributed by atoms with Gasteiger partial charge in [0.05, 0.1) is 11.3 Å². The van der Waals surface area contributed by atoms with Crippen LogP contribution >= 0.6 is 0 Å². The van der Waals surface area contributed by atoms with Gasteiger partial charge in [-0.2, -0.15) is 5.26 Å². The van der Waals surface area contributed by atoms with E-state index in [1.807, 2.05) is 6.07 Å². The number of rotatable bonds is 2. The molecule has 1 N–H and O–H groups in total. The molecule has 6 heteroatoms. The number of nitriles is 1. The number of hydrogen-bond acceptors (Lipinski definition) is 3. The van der Waals surface area contributed by atoms with Crippen LogP contribution in [0, 0.1) is 17.1 Å². The van der Waals surface area contributed by atoms with Crippen LogP contribution in [0.5, 0.6) is 0 Å². The highest BCUT2D eigenvalue weighted by molar-refractivity contribution is 5.92. The lowest BCUT2D eigenvalue weighted by Gasteiger charge is -2.07. The zero-order chi connectivity index (χ0) is 12.4. The monoisotopic (exact) mass is 231 g/mol. The normalized spacial score (nSPS) is 9.88. The van der Waals surface area contributed by atoms with E-state index in [2.05, 4.69) is 4.98 Å². The Morgan fingerprint density at radius 2 is 2.29 bits per heavy atom. The number of carbonyl (C=O) groups is 1. The number of carboxylic acids is 1. The molecule has 0 aliphatic carbocycles. The molecule has 84 valence electrons. The van der Waals surface area contributed by atoms with E-state index in [0.29, 0.717) is 0 Å². The fraction of sp³-hybridized carbons (Fsp3) is 0. The molecular formula is C11H6FN3O2. The van der Waals surface area contributed by atoms with E-state index < -0.39 is 11.8 Å². The molecule has 0 saturated heterocycles. The number of imidazole rings is 1. The Kier molecular flexibility index (Phi) is 2.58. The predicted octanol–water partition coefficient (Wildman–Crippen LogP) is 1.58. The molecule has 0 fully saturated rings. The molecule has 2 rings (SSSR count). The summed E-state index contributed by atoms with van der Waals surface area (Å²) in [6.45, 7) is 0. The summed E-state index contributed by atoms with van der Waals surface area (Å²) in [5.74, 6) is -1.87. The number of benzene rings is 1. The molecule has 0 spiro atoms.